The molecule has 0 saturated heterocycles. The molecule has 3 aromatic rings. The average Bonchev–Trinajstić information content (AvgIpc) is 3.11. The largest absolute Gasteiger partial charge is 0.478 e. The lowest BCUT2D eigenvalue weighted by Gasteiger charge is -2.29. The quantitative estimate of drug-likeness (QED) is 0.607. The van der Waals surface area contributed by atoms with Crippen LogP contribution >= 0.6 is 0 Å². The molecule has 1 aliphatic rings. The molecule has 30 heavy (non-hydrogen) atoms. The van der Waals surface area contributed by atoms with E-state index in [2.05, 4.69) is 41.2 Å². The van der Waals surface area contributed by atoms with Crippen LogP contribution in [0.1, 0.15) is 41.4 Å². The summed E-state index contributed by atoms with van der Waals surface area (Å²) < 4.78 is 14.2. The van der Waals surface area contributed by atoms with E-state index in [0.717, 1.165) is 12.1 Å². The summed E-state index contributed by atoms with van der Waals surface area (Å²) in [7, 11) is 0. The van der Waals surface area contributed by atoms with Crippen LogP contribution in [0.15, 0.2) is 60.9 Å². The maximum atomic E-state index is 14.2. The highest BCUT2D eigenvalue weighted by Gasteiger charge is 2.32. The molecule has 154 valence electrons. The number of fused-ring (bicyclic) bond motifs is 1. The Morgan fingerprint density at radius 1 is 1.27 bits per heavy atom. The van der Waals surface area contributed by atoms with Crippen molar-refractivity contribution in [2.75, 3.05) is 11.9 Å². The number of hydrogen-bond donors (Lipinski definition) is 2. The Bertz CT molecular complexity index is 1080. The van der Waals surface area contributed by atoms with Gasteiger partial charge in [0.1, 0.15) is 5.82 Å². The zero-order valence-corrected chi connectivity index (χ0v) is 17.0. The lowest BCUT2D eigenvalue weighted by Crippen LogP contribution is -2.33. The molecular formula is C24H24FN3O2. The van der Waals surface area contributed by atoms with Crippen molar-refractivity contribution in [2.24, 2.45) is 0 Å². The number of hydrogen-bond acceptors (Lipinski definition) is 4. The van der Waals surface area contributed by atoms with E-state index in [0.29, 0.717) is 23.8 Å². The number of aromatic carboxylic acids is 1. The smallest absolute Gasteiger partial charge is 0.337 e. The van der Waals surface area contributed by atoms with Crippen LogP contribution in [0.3, 0.4) is 0 Å². The SMILES string of the molecule is CC(C)N1Cc2cc(-c3ccccc3F)ccc2[C@H]1CNc1cnccc1C(=O)O. The highest BCUT2D eigenvalue weighted by molar-refractivity contribution is 5.93. The van der Waals surface area contributed by atoms with Crippen molar-refractivity contribution in [2.45, 2.75) is 32.5 Å². The van der Waals surface area contributed by atoms with Crippen LogP contribution in [0.2, 0.25) is 0 Å². The van der Waals surface area contributed by atoms with Crippen LogP contribution < -0.4 is 5.32 Å². The van der Waals surface area contributed by atoms with Gasteiger partial charge in [-0.1, -0.05) is 30.3 Å². The van der Waals surface area contributed by atoms with Gasteiger partial charge >= 0.3 is 5.97 Å². The Kier molecular flexibility index (Phi) is 5.50. The molecule has 0 radical (unpaired) electrons. The molecule has 0 bridgehead atoms. The Morgan fingerprint density at radius 2 is 2.07 bits per heavy atom. The van der Waals surface area contributed by atoms with Gasteiger partial charge in [-0.2, -0.15) is 0 Å². The molecule has 6 heteroatoms. The zero-order valence-electron chi connectivity index (χ0n) is 17.0. The number of benzene rings is 2. The fraction of sp³-hybridized carbons (Fsp3) is 0.250. The summed E-state index contributed by atoms with van der Waals surface area (Å²) in [6.07, 6.45) is 3.02. The Hall–Kier alpha value is -3.25. The molecule has 1 atom stereocenters. The molecule has 0 amide bonds. The van der Waals surface area contributed by atoms with E-state index in [4.69, 9.17) is 0 Å². The molecule has 2 heterocycles. The van der Waals surface area contributed by atoms with E-state index < -0.39 is 5.97 Å². The summed E-state index contributed by atoms with van der Waals surface area (Å²) in [5, 5.41) is 12.7. The van der Waals surface area contributed by atoms with Gasteiger partial charge in [0, 0.05) is 30.9 Å². The molecular weight excluding hydrogens is 381 g/mol. The molecule has 0 unspecified atom stereocenters. The minimum absolute atomic E-state index is 0.0801. The van der Waals surface area contributed by atoms with Gasteiger partial charge in [0.05, 0.1) is 23.5 Å². The van der Waals surface area contributed by atoms with E-state index in [1.165, 1.54) is 29.5 Å². The maximum absolute atomic E-state index is 14.2. The minimum atomic E-state index is -0.984. The molecule has 4 rings (SSSR count). The molecule has 2 aromatic carbocycles. The van der Waals surface area contributed by atoms with E-state index in [-0.39, 0.29) is 17.4 Å². The lowest BCUT2D eigenvalue weighted by molar-refractivity contribution is 0.0697. The third-order valence-corrected chi connectivity index (χ3v) is 5.64. The molecule has 1 aliphatic heterocycles. The topological polar surface area (TPSA) is 65.5 Å². The standard InChI is InChI=1S/C24H24FN3O2/c1-15(2)28-14-17-11-16(18-5-3-4-6-21(18)25)7-8-19(17)23(28)13-27-22-12-26-10-9-20(22)24(29)30/h3-12,15,23,27H,13-14H2,1-2H3,(H,29,30)/t23-/m1/s1. The van der Waals surface area contributed by atoms with Gasteiger partial charge in [0.15, 0.2) is 0 Å². The summed E-state index contributed by atoms with van der Waals surface area (Å²) >= 11 is 0. The molecule has 2 N–H and O–H groups in total. The van der Waals surface area contributed by atoms with Crippen molar-refractivity contribution in [1.82, 2.24) is 9.88 Å². The number of carboxylic acids is 1. The second-order valence-corrected chi connectivity index (χ2v) is 7.78. The van der Waals surface area contributed by atoms with Gasteiger partial charge in [0.25, 0.3) is 0 Å². The first-order valence-corrected chi connectivity index (χ1v) is 10.0. The number of anilines is 1. The van der Waals surface area contributed by atoms with Gasteiger partial charge in [0.2, 0.25) is 0 Å². The van der Waals surface area contributed by atoms with Crippen LogP contribution in [0.5, 0.6) is 0 Å². The third-order valence-electron chi connectivity index (χ3n) is 5.64. The predicted molar refractivity (Wildman–Crippen MR) is 115 cm³/mol. The summed E-state index contributed by atoms with van der Waals surface area (Å²) in [6, 6.07) is 14.8. The van der Waals surface area contributed by atoms with Crippen LogP contribution in [-0.2, 0) is 6.54 Å². The number of nitrogens with zero attached hydrogens (tertiary/aromatic N) is 2. The number of pyridine rings is 1. The van der Waals surface area contributed by atoms with Crippen LogP contribution in [-0.4, -0.2) is 33.5 Å². The van der Waals surface area contributed by atoms with E-state index >= 15 is 0 Å². The molecule has 5 nitrogen and oxygen atoms in total. The minimum Gasteiger partial charge on any atom is -0.478 e. The molecule has 1 aromatic heterocycles. The van der Waals surface area contributed by atoms with Gasteiger partial charge in [-0.05, 0) is 48.7 Å². The highest BCUT2D eigenvalue weighted by Crippen LogP contribution is 2.38. The first-order valence-electron chi connectivity index (χ1n) is 10.0. The van der Waals surface area contributed by atoms with Crippen molar-refractivity contribution >= 4 is 11.7 Å². The molecule has 0 spiro atoms. The monoisotopic (exact) mass is 405 g/mol. The first-order chi connectivity index (χ1) is 14.5. The molecule has 0 fully saturated rings. The number of nitrogens with one attached hydrogen (secondary N) is 1. The van der Waals surface area contributed by atoms with Crippen molar-refractivity contribution in [3.63, 3.8) is 0 Å². The maximum Gasteiger partial charge on any atom is 0.337 e. The summed E-state index contributed by atoms with van der Waals surface area (Å²) in [5.74, 6) is -1.21. The fourth-order valence-corrected chi connectivity index (χ4v) is 4.11. The van der Waals surface area contributed by atoms with Gasteiger partial charge in [-0.3, -0.25) is 9.88 Å². The van der Waals surface area contributed by atoms with E-state index in [1.807, 2.05) is 12.1 Å². The normalized spacial score (nSPS) is 15.9. The fourth-order valence-electron chi connectivity index (χ4n) is 4.11. The van der Waals surface area contributed by atoms with Crippen molar-refractivity contribution < 1.29 is 14.3 Å². The summed E-state index contributed by atoms with van der Waals surface area (Å²) in [5.41, 5.74) is 4.52. The Morgan fingerprint density at radius 3 is 2.80 bits per heavy atom. The van der Waals surface area contributed by atoms with Gasteiger partial charge in [-0.15, -0.1) is 0 Å². The van der Waals surface area contributed by atoms with Crippen molar-refractivity contribution in [3.05, 3.63) is 83.4 Å². The second kappa shape index (κ2) is 8.24. The highest BCUT2D eigenvalue weighted by atomic mass is 19.1. The molecule has 0 aliphatic carbocycles. The average molecular weight is 405 g/mol. The Labute approximate surface area is 175 Å². The van der Waals surface area contributed by atoms with Crippen molar-refractivity contribution in [3.8, 4) is 11.1 Å². The Balaban J connectivity index is 1.63. The molecule has 0 saturated carbocycles. The number of rotatable bonds is 6. The van der Waals surface area contributed by atoms with Crippen LogP contribution in [0.25, 0.3) is 11.1 Å². The number of carboxylic acid groups (broad SMARTS) is 1. The first kappa shape index (κ1) is 20.0. The lowest BCUT2D eigenvalue weighted by atomic mass is 9.97. The van der Waals surface area contributed by atoms with Gasteiger partial charge in [-0.25, -0.2) is 9.18 Å². The summed E-state index contributed by atoms with van der Waals surface area (Å²) in [4.78, 5) is 17.9. The van der Waals surface area contributed by atoms with Crippen LogP contribution in [0.4, 0.5) is 10.1 Å². The van der Waals surface area contributed by atoms with Crippen molar-refractivity contribution in [1.29, 1.82) is 0 Å². The van der Waals surface area contributed by atoms with E-state index in [9.17, 15) is 14.3 Å². The number of halogens is 1. The number of aromatic nitrogens is 1. The van der Waals surface area contributed by atoms with Gasteiger partial charge < -0.3 is 10.4 Å². The predicted octanol–water partition coefficient (Wildman–Crippen LogP) is 4.96. The number of carbonyl (C=O) groups is 1. The zero-order chi connectivity index (χ0) is 21.3. The second-order valence-electron chi connectivity index (χ2n) is 7.78. The third kappa shape index (κ3) is 3.78. The van der Waals surface area contributed by atoms with Crippen LogP contribution in [0, 0.1) is 5.82 Å². The van der Waals surface area contributed by atoms with E-state index in [1.54, 1.807) is 18.3 Å². The summed E-state index contributed by atoms with van der Waals surface area (Å²) in [6.45, 7) is 5.60.